The number of piperazine rings is 1. The predicted molar refractivity (Wildman–Crippen MR) is 198 cm³/mol. The third-order valence-corrected chi connectivity index (χ3v) is 10.8. The van der Waals surface area contributed by atoms with E-state index < -0.39 is 29.3 Å². The number of fused-ring (bicyclic) bond motifs is 4. The second-order valence-electron chi connectivity index (χ2n) is 14.0. The van der Waals surface area contributed by atoms with Crippen LogP contribution in [0, 0.1) is 5.82 Å². The molecule has 12 nitrogen and oxygen atoms in total. The smallest absolute Gasteiger partial charge is 0.319 e. The molecule has 3 atom stereocenters. The first kappa shape index (κ1) is 34.1. The fourth-order valence-corrected chi connectivity index (χ4v) is 7.89. The minimum atomic E-state index is -1.61. The number of ether oxygens (including phenoxy) is 1. The molecule has 2 aliphatic heterocycles. The molecule has 5 heterocycles. The summed E-state index contributed by atoms with van der Waals surface area (Å²) >= 11 is 6.59. The van der Waals surface area contributed by atoms with E-state index >= 15 is 4.39 Å². The van der Waals surface area contributed by atoms with Crippen LogP contribution < -0.4 is 20.3 Å². The molecule has 0 aliphatic carbocycles. The van der Waals surface area contributed by atoms with Crippen molar-refractivity contribution in [2.75, 3.05) is 29.9 Å². The van der Waals surface area contributed by atoms with Crippen LogP contribution in [0.4, 0.5) is 15.9 Å². The summed E-state index contributed by atoms with van der Waals surface area (Å²) in [5.41, 5.74) is 0.857. The van der Waals surface area contributed by atoms with Gasteiger partial charge in [-0.05, 0) is 48.6 Å². The van der Waals surface area contributed by atoms with Gasteiger partial charge in [-0.1, -0.05) is 62.7 Å². The first-order chi connectivity index (χ1) is 25.0. The molecule has 1 amide bonds. The van der Waals surface area contributed by atoms with Gasteiger partial charge in [0.25, 0.3) is 5.91 Å². The number of amides is 1. The summed E-state index contributed by atoms with van der Waals surface area (Å²) < 4.78 is 36.9. The Morgan fingerprint density at radius 2 is 1.77 bits per heavy atom. The Hall–Kier alpha value is -5.05. The summed E-state index contributed by atoms with van der Waals surface area (Å²) in [4.78, 5) is 33.7. The third kappa shape index (κ3) is 6.57. The van der Waals surface area contributed by atoms with Crippen LogP contribution in [0.15, 0.2) is 78.1 Å². The van der Waals surface area contributed by atoms with Gasteiger partial charge in [0.15, 0.2) is 29.2 Å². The van der Waals surface area contributed by atoms with Crippen LogP contribution in [-0.2, 0) is 21.2 Å². The topological polar surface area (TPSA) is 140 Å². The number of carbonyl (C=O) groups is 1. The molecule has 3 aromatic carbocycles. The van der Waals surface area contributed by atoms with Crippen LogP contribution in [0.1, 0.15) is 39.4 Å². The highest BCUT2D eigenvalue weighted by Gasteiger charge is 2.34. The lowest BCUT2D eigenvalue weighted by atomic mass is 9.96. The highest BCUT2D eigenvalue weighted by molar-refractivity contribution is 7.83. The molecule has 2 fully saturated rings. The number of aromatic nitrogens is 6. The molecule has 3 unspecified atom stereocenters. The molecule has 2 N–H and O–H groups in total. The van der Waals surface area contributed by atoms with Gasteiger partial charge in [0.2, 0.25) is 0 Å². The van der Waals surface area contributed by atoms with Crippen LogP contribution in [0.25, 0.3) is 32.9 Å². The van der Waals surface area contributed by atoms with Gasteiger partial charge in [0.05, 0.1) is 10.3 Å². The zero-order valence-electron chi connectivity index (χ0n) is 28.6. The minimum Gasteiger partial charge on any atom is -0.453 e. The quantitative estimate of drug-likeness (QED) is 0.190. The molecule has 2 aliphatic rings. The van der Waals surface area contributed by atoms with E-state index in [4.69, 9.17) is 21.3 Å². The molecule has 266 valence electrons. The van der Waals surface area contributed by atoms with Crippen molar-refractivity contribution in [2.45, 2.75) is 56.0 Å². The van der Waals surface area contributed by atoms with Gasteiger partial charge in [-0.15, -0.1) is 5.10 Å². The maximum Gasteiger partial charge on any atom is 0.319 e. The first-order valence-electron chi connectivity index (χ1n) is 16.9. The highest BCUT2D eigenvalue weighted by atomic mass is 35.5. The zero-order chi connectivity index (χ0) is 36.1. The average Bonchev–Trinajstić information content (AvgIpc) is 3.77. The Labute approximate surface area is 306 Å². The van der Waals surface area contributed by atoms with Gasteiger partial charge in [-0.3, -0.25) is 9.78 Å². The van der Waals surface area contributed by atoms with Gasteiger partial charge in [0.1, 0.15) is 23.4 Å². The first-order valence-corrected chi connectivity index (χ1v) is 18.4. The van der Waals surface area contributed by atoms with Crippen LogP contribution in [0.2, 0.25) is 5.02 Å². The van der Waals surface area contributed by atoms with E-state index in [0.717, 1.165) is 18.2 Å². The minimum absolute atomic E-state index is 0.0333. The van der Waals surface area contributed by atoms with Crippen LogP contribution >= 0.6 is 11.6 Å². The van der Waals surface area contributed by atoms with Gasteiger partial charge >= 0.3 is 6.01 Å². The standard InChI is InChI=1S/C37H35ClFN9O3S/c1-37(2,3)35-41-20-48(46-35)52(50)25-14-12-22(13-15-25)43-29(49)19-51-36-44-33-27(34(45-36)47-17-23-10-11-24(18-47)42-23)16-40-32(31(33)39)26-8-4-6-21-7-5-9-28(38)30(21)26/h4-9,12-16,20,23-24,42H,10-11,17-19H2,1-3H3,(H,43,49). The number of nitrogens with one attached hydrogen (secondary N) is 2. The summed E-state index contributed by atoms with van der Waals surface area (Å²) in [5.74, 6) is -0.0362. The molecule has 8 rings (SSSR count). The number of halogens is 2. The van der Waals surface area contributed by atoms with Crippen molar-refractivity contribution in [3.05, 3.63) is 89.9 Å². The molecule has 0 spiro atoms. The molecule has 15 heteroatoms. The van der Waals surface area contributed by atoms with Crippen molar-refractivity contribution in [1.29, 1.82) is 0 Å². The second-order valence-corrected chi connectivity index (χ2v) is 15.8. The van der Waals surface area contributed by atoms with Crippen molar-refractivity contribution < 1.29 is 18.1 Å². The Morgan fingerprint density at radius 3 is 2.48 bits per heavy atom. The van der Waals surface area contributed by atoms with Crippen molar-refractivity contribution in [3.8, 4) is 17.3 Å². The van der Waals surface area contributed by atoms with E-state index in [9.17, 15) is 9.00 Å². The molecule has 2 saturated heterocycles. The maximum atomic E-state index is 16.7. The van der Waals surface area contributed by atoms with Gasteiger partial charge < -0.3 is 20.3 Å². The number of anilines is 2. The number of nitrogens with zero attached hydrogens (tertiary/aromatic N) is 7. The molecular weight excluding hydrogens is 705 g/mol. The van der Waals surface area contributed by atoms with Gasteiger partial charge in [-0.2, -0.15) is 14.1 Å². The van der Waals surface area contributed by atoms with E-state index in [1.54, 1.807) is 42.6 Å². The molecule has 6 aromatic rings. The number of benzene rings is 3. The van der Waals surface area contributed by atoms with E-state index in [2.05, 4.69) is 35.6 Å². The monoisotopic (exact) mass is 739 g/mol. The molecule has 3 aromatic heterocycles. The maximum absolute atomic E-state index is 16.7. The third-order valence-electron chi connectivity index (χ3n) is 9.25. The lowest BCUT2D eigenvalue weighted by molar-refractivity contribution is -0.118. The van der Waals surface area contributed by atoms with E-state index in [1.807, 2.05) is 45.0 Å². The molecular formula is C37H35ClFN9O3S. The normalized spacial score (nSPS) is 17.8. The number of hydrogen-bond acceptors (Lipinski definition) is 10. The fourth-order valence-electron chi connectivity index (χ4n) is 6.74. The van der Waals surface area contributed by atoms with E-state index in [1.165, 1.54) is 10.4 Å². The SMILES string of the molecule is CC(C)(C)c1ncn(S(=O)c2ccc(NC(=O)COc3nc(N4CC5CCC(C4)N5)c4cnc(-c5cccc6cccc(Cl)c56)c(F)c4n3)cc2)n1. The Bertz CT molecular complexity index is 2350. The predicted octanol–water partition coefficient (Wildman–Crippen LogP) is 6.06. The summed E-state index contributed by atoms with van der Waals surface area (Å²) in [5, 5.41) is 13.2. The number of rotatable bonds is 8. The Balaban J connectivity index is 1.05. The lowest BCUT2D eigenvalue weighted by Crippen LogP contribution is -2.51. The van der Waals surface area contributed by atoms with Crippen molar-refractivity contribution in [1.82, 2.24) is 34.4 Å². The van der Waals surface area contributed by atoms with Crippen LogP contribution in [0.3, 0.4) is 0 Å². The highest BCUT2D eigenvalue weighted by Crippen LogP contribution is 2.38. The van der Waals surface area contributed by atoms with Crippen molar-refractivity contribution in [3.63, 3.8) is 0 Å². The summed E-state index contributed by atoms with van der Waals surface area (Å²) in [6, 6.07) is 18.0. The fraction of sp³-hybridized carbons (Fsp3) is 0.297. The van der Waals surface area contributed by atoms with Crippen molar-refractivity contribution in [2.24, 2.45) is 0 Å². The number of hydrogen-bond donors (Lipinski definition) is 2. The number of pyridine rings is 1. The van der Waals surface area contributed by atoms with E-state index in [-0.39, 0.29) is 34.7 Å². The summed E-state index contributed by atoms with van der Waals surface area (Å²) in [7, 11) is -1.61. The average molecular weight is 740 g/mol. The Morgan fingerprint density at radius 1 is 1.04 bits per heavy atom. The lowest BCUT2D eigenvalue weighted by Gasteiger charge is -2.34. The molecule has 0 radical (unpaired) electrons. The zero-order valence-corrected chi connectivity index (χ0v) is 30.2. The summed E-state index contributed by atoms with van der Waals surface area (Å²) in [6.07, 6.45) is 5.13. The van der Waals surface area contributed by atoms with Crippen LogP contribution in [0.5, 0.6) is 6.01 Å². The van der Waals surface area contributed by atoms with E-state index in [0.29, 0.717) is 56.7 Å². The molecule has 52 heavy (non-hydrogen) atoms. The molecule has 0 saturated carbocycles. The molecule has 2 bridgehead atoms. The van der Waals surface area contributed by atoms with Gasteiger partial charge in [0, 0.05) is 58.4 Å². The second kappa shape index (κ2) is 13.5. The number of carbonyl (C=O) groups excluding carboxylic acids is 1. The summed E-state index contributed by atoms with van der Waals surface area (Å²) in [6.45, 7) is 6.87. The van der Waals surface area contributed by atoms with Gasteiger partial charge in [-0.25, -0.2) is 13.6 Å². The Kier molecular flexibility index (Phi) is 8.84. The largest absolute Gasteiger partial charge is 0.453 e. The van der Waals surface area contributed by atoms with Crippen LogP contribution in [-0.4, -0.2) is 71.0 Å². The van der Waals surface area contributed by atoms with Crippen molar-refractivity contribution >= 4 is 61.7 Å².